The van der Waals surface area contributed by atoms with Crippen LogP contribution in [0.2, 0.25) is 0 Å². The molecule has 1 atom stereocenters. The molecule has 1 unspecified atom stereocenters. The van der Waals surface area contributed by atoms with Crippen molar-refractivity contribution in [2.75, 3.05) is 33.9 Å². The van der Waals surface area contributed by atoms with Gasteiger partial charge in [-0.25, -0.2) is 4.79 Å². The highest BCUT2D eigenvalue weighted by Gasteiger charge is 2.32. The number of carbonyl (C=O) groups is 2. The van der Waals surface area contributed by atoms with E-state index in [4.69, 9.17) is 13.9 Å². The number of nitrogens with zero attached hydrogens (tertiary/aromatic N) is 1. The molecule has 1 aliphatic rings. The summed E-state index contributed by atoms with van der Waals surface area (Å²) in [6, 6.07) is 6.56. The van der Waals surface area contributed by atoms with Gasteiger partial charge in [0.25, 0.3) is 5.91 Å². The van der Waals surface area contributed by atoms with Crippen LogP contribution in [-0.2, 0) is 6.42 Å². The topological polar surface area (TPSA) is 93.0 Å². The fraction of sp³-hybridized carbons (Fsp3) is 0.400. The molecule has 0 saturated heterocycles. The molecule has 8 heteroatoms. The van der Waals surface area contributed by atoms with Crippen molar-refractivity contribution in [3.05, 3.63) is 47.4 Å². The number of hydrogen-bond donors (Lipinski definition) is 2. The van der Waals surface area contributed by atoms with E-state index in [0.717, 1.165) is 11.1 Å². The maximum absolute atomic E-state index is 12.6. The number of methoxy groups -OCH3 is 2. The van der Waals surface area contributed by atoms with Gasteiger partial charge in [-0.1, -0.05) is 0 Å². The van der Waals surface area contributed by atoms with Gasteiger partial charge in [0.1, 0.15) is 0 Å². The molecule has 1 aromatic carbocycles. The Morgan fingerprint density at radius 3 is 2.61 bits per heavy atom. The first-order valence-corrected chi connectivity index (χ1v) is 9.20. The van der Waals surface area contributed by atoms with E-state index in [-0.39, 0.29) is 30.3 Å². The summed E-state index contributed by atoms with van der Waals surface area (Å²) in [5, 5.41) is 5.70. The summed E-state index contributed by atoms with van der Waals surface area (Å²) in [6.45, 7) is 3.19. The molecule has 2 heterocycles. The van der Waals surface area contributed by atoms with Gasteiger partial charge in [-0.2, -0.15) is 0 Å². The Kier molecular flexibility index (Phi) is 6.08. The van der Waals surface area contributed by atoms with Crippen LogP contribution < -0.4 is 20.1 Å². The second-order valence-electron chi connectivity index (χ2n) is 6.39. The van der Waals surface area contributed by atoms with Crippen molar-refractivity contribution in [2.45, 2.75) is 19.4 Å². The smallest absolute Gasteiger partial charge is 0.317 e. The summed E-state index contributed by atoms with van der Waals surface area (Å²) >= 11 is 0. The van der Waals surface area contributed by atoms with E-state index in [9.17, 15) is 9.59 Å². The molecule has 0 bridgehead atoms. The minimum absolute atomic E-state index is 0.166. The van der Waals surface area contributed by atoms with Crippen LogP contribution in [0.25, 0.3) is 0 Å². The molecule has 2 aromatic rings. The Morgan fingerprint density at radius 2 is 1.96 bits per heavy atom. The number of amides is 3. The van der Waals surface area contributed by atoms with Crippen LogP contribution in [0, 0.1) is 0 Å². The normalized spacial score (nSPS) is 15.5. The van der Waals surface area contributed by atoms with Gasteiger partial charge in [-0.05, 0) is 48.7 Å². The summed E-state index contributed by atoms with van der Waals surface area (Å²) in [5.74, 6) is 1.13. The highest BCUT2D eigenvalue weighted by Crippen LogP contribution is 2.38. The summed E-state index contributed by atoms with van der Waals surface area (Å²) in [5.41, 5.74) is 1.99. The summed E-state index contributed by atoms with van der Waals surface area (Å²) < 4.78 is 16.0. The Morgan fingerprint density at radius 1 is 1.21 bits per heavy atom. The van der Waals surface area contributed by atoms with Crippen LogP contribution in [0.3, 0.4) is 0 Å². The zero-order chi connectivity index (χ0) is 20.1. The maximum atomic E-state index is 12.6. The van der Waals surface area contributed by atoms with Crippen molar-refractivity contribution in [3.8, 4) is 11.5 Å². The van der Waals surface area contributed by atoms with E-state index >= 15 is 0 Å². The lowest BCUT2D eigenvalue weighted by atomic mass is 9.91. The molecule has 3 rings (SSSR count). The van der Waals surface area contributed by atoms with Gasteiger partial charge in [0.2, 0.25) is 0 Å². The molecule has 0 spiro atoms. The van der Waals surface area contributed by atoms with Crippen LogP contribution in [0.4, 0.5) is 4.79 Å². The van der Waals surface area contributed by atoms with Crippen LogP contribution in [-0.4, -0.2) is 50.7 Å². The van der Waals surface area contributed by atoms with Crippen molar-refractivity contribution in [2.24, 2.45) is 0 Å². The Hall–Kier alpha value is -3.16. The number of benzene rings is 1. The standard InChI is InChI=1S/C20H25N3O5/c1-4-21-20(25)23-8-7-13-10-17(26-2)18(27-3)11-14(13)15(23)12-22-19(24)16-6-5-9-28-16/h5-6,9-11,15H,4,7-8,12H2,1-3H3,(H,21,25)(H,22,24). The van der Waals surface area contributed by atoms with Crippen LogP contribution in [0.5, 0.6) is 11.5 Å². The first-order valence-electron chi connectivity index (χ1n) is 9.20. The largest absolute Gasteiger partial charge is 0.493 e. The second-order valence-corrected chi connectivity index (χ2v) is 6.39. The minimum atomic E-state index is -0.339. The molecule has 1 aliphatic heterocycles. The van der Waals surface area contributed by atoms with E-state index in [1.165, 1.54) is 6.26 Å². The third-order valence-corrected chi connectivity index (χ3v) is 4.79. The predicted molar refractivity (Wildman–Crippen MR) is 103 cm³/mol. The molecule has 150 valence electrons. The van der Waals surface area contributed by atoms with E-state index in [2.05, 4.69) is 10.6 Å². The average molecular weight is 387 g/mol. The zero-order valence-electron chi connectivity index (χ0n) is 16.3. The Balaban J connectivity index is 1.91. The summed E-state index contributed by atoms with van der Waals surface area (Å²) in [6.07, 6.45) is 2.14. The number of carbonyl (C=O) groups excluding carboxylic acids is 2. The van der Waals surface area contributed by atoms with E-state index < -0.39 is 0 Å². The van der Waals surface area contributed by atoms with Crippen LogP contribution in [0.15, 0.2) is 34.9 Å². The van der Waals surface area contributed by atoms with Gasteiger partial charge in [-0.3, -0.25) is 4.79 Å². The van der Waals surface area contributed by atoms with E-state index in [0.29, 0.717) is 31.0 Å². The molecule has 0 aliphatic carbocycles. The van der Waals surface area contributed by atoms with E-state index in [1.807, 2.05) is 19.1 Å². The fourth-order valence-electron chi connectivity index (χ4n) is 3.43. The third-order valence-electron chi connectivity index (χ3n) is 4.79. The van der Waals surface area contributed by atoms with Crippen molar-refractivity contribution < 1.29 is 23.5 Å². The van der Waals surface area contributed by atoms with Gasteiger partial charge in [-0.15, -0.1) is 0 Å². The van der Waals surface area contributed by atoms with Gasteiger partial charge < -0.3 is 29.4 Å². The number of rotatable bonds is 6. The number of urea groups is 1. The monoisotopic (exact) mass is 387 g/mol. The fourth-order valence-corrected chi connectivity index (χ4v) is 3.43. The molecule has 0 saturated carbocycles. The quantitative estimate of drug-likeness (QED) is 0.794. The highest BCUT2D eigenvalue weighted by atomic mass is 16.5. The van der Waals surface area contributed by atoms with Gasteiger partial charge >= 0.3 is 6.03 Å². The Labute approximate surface area is 163 Å². The molecule has 1 aromatic heterocycles. The van der Waals surface area contributed by atoms with Crippen molar-refractivity contribution in [1.29, 1.82) is 0 Å². The predicted octanol–water partition coefficient (Wildman–Crippen LogP) is 2.36. The lowest BCUT2D eigenvalue weighted by molar-refractivity contribution is 0.0907. The highest BCUT2D eigenvalue weighted by molar-refractivity contribution is 5.91. The molecule has 0 fully saturated rings. The molecule has 3 amide bonds. The number of fused-ring (bicyclic) bond motifs is 1. The summed E-state index contributed by atoms with van der Waals surface area (Å²) in [4.78, 5) is 26.7. The van der Waals surface area contributed by atoms with Gasteiger partial charge in [0.15, 0.2) is 17.3 Å². The molecule has 2 N–H and O–H groups in total. The number of ether oxygens (including phenoxy) is 2. The number of furan rings is 1. The van der Waals surface area contributed by atoms with E-state index in [1.54, 1.807) is 31.3 Å². The van der Waals surface area contributed by atoms with Gasteiger partial charge in [0, 0.05) is 19.6 Å². The summed E-state index contributed by atoms with van der Waals surface area (Å²) in [7, 11) is 3.16. The molecule has 0 radical (unpaired) electrons. The van der Waals surface area contributed by atoms with Crippen molar-refractivity contribution in [1.82, 2.24) is 15.5 Å². The molecule has 8 nitrogen and oxygen atoms in total. The first kappa shape index (κ1) is 19.6. The van der Waals surface area contributed by atoms with Crippen LogP contribution >= 0.6 is 0 Å². The third kappa shape index (κ3) is 3.90. The first-order chi connectivity index (χ1) is 13.6. The van der Waals surface area contributed by atoms with Gasteiger partial charge in [0.05, 0.1) is 26.5 Å². The van der Waals surface area contributed by atoms with Crippen LogP contribution in [0.1, 0.15) is 34.6 Å². The molecular weight excluding hydrogens is 362 g/mol. The lowest BCUT2D eigenvalue weighted by Crippen LogP contribution is -2.49. The number of nitrogens with one attached hydrogen (secondary N) is 2. The van der Waals surface area contributed by atoms with Crippen molar-refractivity contribution in [3.63, 3.8) is 0 Å². The zero-order valence-corrected chi connectivity index (χ0v) is 16.3. The Bertz CT molecular complexity index is 835. The average Bonchev–Trinajstić information content (AvgIpc) is 3.25. The minimum Gasteiger partial charge on any atom is -0.493 e. The lowest BCUT2D eigenvalue weighted by Gasteiger charge is -2.37. The molecular formula is C20H25N3O5. The number of hydrogen-bond acceptors (Lipinski definition) is 5. The van der Waals surface area contributed by atoms with Crippen molar-refractivity contribution >= 4 is 11.9 Å². The maximum Gasteiger partial charge on any atom is 0.317 e. The molecule has 28 heavy (non-hydrogen) atoms. The second kappa shape index (κ2) is 8.69. The SMILES string of the molecule is CCNC(=O)N1CCc2cc(OC)c(OC)cc2C1CNC(=O)c1ccco1.